The lowest BCUT2D eigenvalue weighted by molar-refractivity contribution is -0.122. The monoisotopic (exact) mass is 210 g/mol. The molecule has 0 atom stereocenters. The van der Waals surface area contributed by atoms with Gasteiger partial charge in [-0.15, -0.1) is 0 Å². The summed E-state index contributed by atoms with van der Waals surface area (Å²) in [7, 11) is 1.85. The zero-order valence-electron chi connectivity index (χ0n) is 9.46. The van der Waals surface area contributed by atoms with Gasteiger partial charge in [0.05, 0.1) is 12.8 Å². The molecule has 0 aliphatic carbocycles. The molecule has 0 saturated carbocycles. The van der Waals surface area contributed by atoms with Crippen LogP contribution in [0.5, 0.6) is 0 Å². The fourth-order valence-corrected chi connectivity index (χ4v) is 1.15. The third-order valence-electron chi connectivity index (χ3n) is 2.32. The molecular formula is C11H18N2O2. The summed E-state index contributed by atoms with van der Waals surface area (Å²) >= 11 is 0. The van der Waals surface area contributed by atoms with Crippen LogP contribution in [0.3, 0.4) is 0 Å². The molecule has 0 aliphatic rings. The van der Waals surface area contributed by atoms with E-state index in [9.17, 15) is 4.79 Å². The summed E-state index contributed by atoms with van der Waals surface area (Å²) in [5.41, 5.74) is -0.173. The first-order chi connectivity index (χ1) is 7.03. The molecule has 1 heterocycles. The Morgan fingerprint density at radius 3 is 2.80 bits per heavy atom. The highest BCUT2D eigenvalue weighted by molar-refractivity contribution is 5.77. The average molecular weight is 210 g/mol. The van der Waals surface area contributed by atoms with Crippen molar-refractivity contribution < 1.29 is 9.21 Å². The zero-order valence-corrected chi connectivity index (χ0v) is 9.46. The van der Waals surface area contributed by atoms with Crippen LogP contribution in [0.2, 0.25) is 0 Å². The Morgan fingerprint density at radius 2 is 2.27 bits per heavy atom. The van der Waals surface area contributed by atoms with Crippen molar-refractivity contribution in [3.05, 3.63) is 24.2 Å². The van der Waals surface area contributed by atoms with Crippen LogP contribution in [-0.2, 0) is 11.3 Å². The molecule has 0 unspecified atom stereocenters. The highest BCUT2D eigenvalue weighted by Gasteiger charge is 2.19. The third-order valence-corrected chi connectivity index (χ3v) is 2.32. The lowest BCUT2D eigenvalue weighted by atomic mass is 10.0. The number of carbonyl (C=O) groups is 1. The summed E-state index contributed by atoms with van der Waals surface area (Å²) in [5, 5.41) is 5.88. The summed E-state index contributed by atoms with van der Waals surface area (Å²) < 4.78 is 5.11. The molecule has 0 bridgehead atoms. The lowest BCUT2D eigenvalue weighted by Crippen LogP contribution is -2.41. The number of hydrogen-bond donors (Lipinski definition) is 2. The number of rotatable bonds is 5. The van der Waals surface area contributed by atoms with Gasteiger partial charge in [0, 0.05) is 12.0 Å². The molecule has 0 saturated heterocycles. The van der Waals surface area contributed by atoms with Crippen molar-refractivity contribution >= 4 is 5.91 Å². The maximum absolute atomic E-state index is 11.5. The van der Waals surface area contributed by atoms with Crippen LogP contribution in [-0.4, -0.2) is 18.5 Å². The summed E-state index contributed by atoms with van der Waals surface area (Å²) in [6.45, 7) is 4.42. The Balaban J connectivity index is 2.31. The second kappa shape index (κ2) is 4.98. The molecule has 84 valence electrons. The third kappa shape index (κ3) is 4.16. The zero-order chi connectivity index (χ0) is 11.3. The van der Waals surface area contributed by atoms with E-state index in [0.717, 1.165) is 5.76 Å². The molecule has 0 radical (unpaired) electrons. The van der Waals surface area contributed by atoms with Gasteiger partial charge in [0.15, 0.2) is 0 Å². The van der Waals surface area contributed by atoms with E-state index in [2.05, 4.69) is 10.6 Å². The van der Waals surface area contributed by atoms with E-state index in [1.54, 1.807) is 12.3 Å². The Bertz CT molecular complexity index is 304. The van der Waals surface area contributed by atoms with Gasteiger partial charge in [-0.3, -0.25) is 4.79 Å². The summed E-state index contributed by atoms with van der Waals surface area (Å²) in [4.78, 5) is 11.5. The van der Waals surface area contributed by atoms with Crippen LogP contribution in [0, 0.1) is 0 Å². The van der Waals surface area contributed by atoms with Crippen molar-refractivity contribution in [1.82, 2.24) is 10.6 Å². The van der Waals surface area contributed by atoms with Gasteiger partial charge >= 0.3 is 0 Å². The van der Waals surface area contributed by atoms with Crippen LogP contribution >= 0.6 is 0 Å². The molecule has 2 N–H and O–H groups in total. The Hall–Kier alpha value is -1.29. The van der Waals surface area contributed by atoms with Crippen LogP contribution in [0.15, 0.2) is 22.8 Å². The van der Waals surface area contributed by atoms with E-state index < -0.39 is 0 Å². The van der Waals surface area contributed by atoms with Crippen LogP contribution in [0.25, 0.3) is 0 Å². The molecule has 4 heteroatoms. The SMILES string of the molecule is CNC(C)(C)CC(=O)NCc1ccco1. The maximum atomic E-state index is 11.5. The molecular weight excluding hydrogens is 192 g/mol. The average Bonchev–Trinajstić information content (AvgIpc) is 2.66. The van der Waals surface area contributed by atoms with Crippen LogP contribution in [0.1, 0.15) is 26.0 Å². The van der Waals surface area contributed by atoms with E-state index in [-0.39, 0.29) is 11.4 Å². The second-order valence-corrected chi connectivity index (χ2v) is 4.17. The van der Waals surface area contributed by atoms with Crippen molar-refractivity contribution in [3.8, 4) is 0 Å². The minimum absolute atomic E-state index is 0.0192. The van der Waals surface area contributed by atoms with Crippen LogP contribution < -0.4 is 10.6 Å². The fraction of sp³-hybridized carbons (Fsp3) is 0.545. The first-order valence-corrected chi connectivity index (χ1v) is 5.01. The first-order valence-electron chi connectivity index (χ1n) is 5.01. The molecule has 0 aliphatic heterocycles. The minimum Gasteiger partial charge on any atom is -0.467 e. The quantitative estimate of drug-likeness (QED) is 0.769. The van der Waals surface area contributed by atoms with Crippen molar-refractivity contribution in [3.63, 3.8) is 0 Å². The van der Waals surface area contributed by atoms with Crippen molar-refractivity contribution in [2.75, 3.05) is 7.05 Å². The number of nitrogens with one attached hydrogen (secondary N) is 2. The number of amides is 1. The molecule has 1 amide bonds. The summed E-state index contributed by atoms with van der Waals surface area (Å²) in [5.74, 6) is 0.788. The molecule has 0 aromatic carbocycles. The minimum atomic E-state index is -0.173. The van der Waals surface area contributed by atoms with E-state index in [0.29, 0.717) is 13.0 Å². The Kier molecular flexibility index (Phi) is 3.91. The standard InChI is InChI=1S/C11H18N2O2/c1-11(2,12-3)7-10(14)13-8-9-5-4-6-15-9/h4-6,12H,7-8H2,1-3H3,(H,13,14). The largest absolute Gasteiger partial charge is 0.467 e. The second-order valence-electron chi connectivity index (χ2n) is 4.17. The Morgan fingerprint density at radius 1 is 1.53 bits per heavy atom. The van der Waals surface area contributed by atoms with Gasteiger partial charge < -0.3 is 15.1 Å². The van der Waals surface area contributed by atoms with E-state index in [4.69, 9.17) is 4.42 Å². The molecule has 4 nitrogen and oxygen atoms in total. The highest BCUT2D eigenvalue weighted by atomic mass is 16.3. The summed E-state index contributed by atoms with van der Waals surface area (Å²) in [6, 6.07) is 3.64. The van der Waals surface area contributed by atoms with Gasteiger partial charge in [0.25, 0.3) is 0 Å². The predicted molar refractivity (Wildman–Crippen MR) is 58.3 cm³/mol. The molecule has 0 fully saturated rings. The smallest absolute Gasteiger partial charge is 0.222 e. The van der Waals surface area contributed by atoms with Gasteiger partial charge in [-0.2, -0.15) is 0 Å². The fourth-order valence-electron chi connectivity index (χ4n) is 1.15. The van der Waals surface area contributed by atoms with Gasteiger partial charge in [0.1, 0.15) is 5.76 Å². The van der Waals surface area contributed by atoms with Crippen molar-refractivity contribution in [2.24, 2.45) is 0 Å². The molecule has 0 spiro atoms. The normalized spacial score (nSPS) is 11.4. The van der Waals surface area contributed by atoms with Gasteiger partial charge in [-0.1, -0.05) is 0 Å². The first kappa shape index (κ1) is 11.8. The number of carbonyl (C=O) groups excluding carboxylic acids is 1. The molecule has 1 rings (SSSR count). The van der Waals surface area contributed by atoms with Crippen molar-refractivity contribution in [1.29, 1.82) is 0 Å². The van der Waals surface area contributed by atoms with E-state index >= 15 is 0 Å². The van der Waals surface area contributed by atoms with E-state index in [1.165, 1.54) is 0 Å². The lowest BCUT2D eigenvalue weighted by Gasteiger charge is -2.22. The molecule has 1 aromatic rings. The molecule has 1 aromatic heterocycles. The summed E-state index contributed by atoms with van der Waals surface area (Å²) in [6.07, 6.45) is 2.04. The molecule has 15 heavy (non-hydrogen) atoms. The van der Waals surface area contributed by atoms with Gasteiger partial charge in [0.2, 0.25) is 5.91 Å². The van der Waals surface area contributed by atoms with Crippen molar-refractivity contribution in [2.45, 2.75) is 32.4 Å². The predicted octanol–water partition coefficient (Wildman–Crippen LogP) is 1.28. The topological polar surface area (TPSA) is 54.3 Å². The Labute approximate surface area is 90.0 Å². The number of furan rings is 1. The van der Waals surface area contributed by atoms with Gasteiger partial charge in [-0.25, -0.2) is 0 Å². The van der Waals surface area contributed by atoms with Gasteiger partial charge in [-0.05, 0) is 33.0 Å². The van der Waals surface area contributed by atoms with Crippen LogP contribution in [0.4, 0.5) is 0 Å². The highest BCUT2D eigenvalue weighted by Crippen LogP contribution is 2.07. The van der Waals surface area contributed by atoms with E-state index in [1.807, 2.05) is 27.0 Å². The maximum Gasteiger partial charge on any atom is 0.222 e. The number of hydrogen-bond acceptors (Lipinski definition) is 3.